The molecule has 30 heavy (non-hydrogen) atoms. The number of amides is 1. The average Bonchev–Trinajstić information content (AvgIpc) is 2.77. The van der Waals surface area contributed by atoms with Crippen molar-refractivity contribution in [2.24, 2.45) is 0 Å². The number of carbonyl (C=O) groups excluding carboxylic acids is 1. The Morgan fingerprint density at radius 3 is 2.37 bits per heavy atom. The molecule has 0 bridgehead atoms. The molecule has 2 N–H and O–H groups in total. The van der Waals surface area contributed by atoms with Crippen LogP contribution in [0.2, 0.25) is 0 Å². The second-order valence-electron chi connectivity index (χ2n) is 8.60. The number of rotatable bonds is 6. The zero-order valence-corrected chi connectivity index (χ0v) is 18.3. The molecule has 1 unspecified atom stereocenters. The van der Waals surface area contributed by atoms with E-state index in [1.54, 1.807) is 14.2 Å². The molecule has 0 aromatic heterocycles. The molecule has 0 fully saturated rings. The van der Waals surface area contributed by atoms with Crippen LogP contribution >= 0.6 is 0 Å². The van der Waals surface area contributed by atoms with E-state index in [4.69, 9.17) is 9.47 Å². The van der Waals surface area contributed by atoms with Gasteiger partial charge in [0.2, 0.25) is 0 Å². The van der Waals surface area contributed by atoms with Gasteiger partial charge in [-0.15, -0.1) is 0 Å². The smallest absolute Gasteiger partial charge is 0.275 e. The Hall–Kier alpha value is -2.53. The van der Waals surface area contributed by atoms with E-state index in [2.05, 4.69) is 42.6 Å². The Morgan fingerprint density at radius 1 is 0.967 bits per heavy atom. The predicted octanol–water partition coefficient (Wildman–Crippen LogP) is 2.40. The lowest BCUT2D eigenvalue weighted by Gasteiger charge is -2.27. The SMILES string of the molecule is COc1cc2c(cc1OC)C[NH+](CC(=O)N[C@@H](C)c1ccc3c(c1)CCCC3)CC2. The molecule has 0 saturated carbocycles. The van der Waals surface area contributed by atoms with Gasteiger partial charge in [-0.1, -0.05) is 18.2 Å². The van der Waals surface area contributed by atoms with Crippen LogP contribution < -0.4 is 19.7 Å². The van der Waals surface area contributed by atoms with Crippen LogP contribution in [0.1, 0.15) is 53.6 Å². The lowest BCUT2D eigenvalue weighted by molar-refractivity contribution is -0.908. The molecule has 1 aliphatic carbocycles. The third kappa shape index (κ3) is 4.46. The van der Waals surface area contributed by atoms with E-state index in [9.17, 15) is 4.79 Å². The second kappa shape index (κ2) is 9.09. The van der Waals surface area contributed by atoms with Gasteiger partial charge in [-0.3, -0.25) is 4.79 Å². The summed E-state index contributed by atoms with van der Waals surface area (Å²) in [5.74, 6) is 1.64. The molecule has 0 saturated heterocycles. The Morgan fingerprint density at radius 2 is 1.63 bits per heavy atom. The minimum atomic E-state index is 0.0329. The highest BCUT2D eigenvalue weighted by Gasteiger charge is 2.24. The first-order valence-corrected chi connectivity index (χ1v) is 11.1. The number of ether oxygens (including phenoxy) is 2. The summed E-state index contributed by atoms with van der Waals surface area (Å²) in [6.07, 6.45) is 5.85. The summed E-state index contributed by atoms with van der Waals surface area (Å²) in [5.41, 5.74) is 6.68. The lowest BCUT2D eigenvalue weighted by atomic mass is 9.89. The van der Waals surface area contributed by atoms with Crippen molar-refractivity contribution < 1.29 is 19.2 Å². The Bertz CT molecular complexity index is 925. The summed E-state index contributed by atoms with van der Waals surface area (Å²) in [4.78, 5) is 14.0. The van der Waals surface area contributed by atoms with Crippen molar-refractivity contribution in [1.82, 2.24) is 5.32 Å². The largest absolute Gasteiger partial charge is 0.493 e. The second-order valence-corrected chi connectivity index (χ2v) is 8.60. The first-order chi connectivity index (χ1) is 14.6. The molecule has 1 amide bonds. The molecular weight excluding hydrogens is 376 g/mol. The molecule has 0 spiro atoms. The number of benzene rings is 2. The van der Waals surface area contributed by atoms with Crippen molar-refractivity contribution in [2.75, 3.05) is 27.3 Å². The summed E-state index contributed by atoms with van der Waals surface area (Å²) < 4.78 is 10.9. The molecule has 2 aliphatic rings. The number of nitrogens with one attached hydrogen (secondary N) is 2. The van der Waals surface area contributed by atoms with Crippen molar-refractivity contribution in [3.8, 4) is 11.5 Å². The van der Waals surface area contributed by atoms with Gasteiger partial charge in [-0.2, -0.15) is 0 Å². The molecule has 1 aliphatic heterocycles. The summed E-state index contributed by atoms with van der Waals surface area (Å²) in [6.45, 7) is 4.35. The quantitative estimate of drug-likeness (QED) is 0.770. The van der Waals surface area contributed by atoms with Crippen LogP contribution in [0.15, 0.2) is 30.3 Å². The zero-order chi connectivity index (χ0) is 21.1. The molecule has 2 aromatic rings. The molecule has 2 aromatic carbocycles. The molecule has 4 rings (SSSR count). The number of fused-ring (bicyclic) bond motifs is 2. The van der Waals surface area contributed by atoms with E-state index >= 15 is 0 Å². The highest BCUT2D eigenvalue weighted by molar-refractivity contribution is 5.77. The molecule has 160 valence electrons. The maximum Gasteiger partial charge on any atom is 0.275 e. The van der Waals surface area contributed by atoms with E-state index in [1.165, 1.54) is 52.0 Å². The van der Waals surface area contributed by atoms with Crippen LogP contribution in [0.4, 0.5) is 0 Å². The van der Waals surface area contributed by atoms with Gasteiger partial charge >= 0.3 is 0 Å². The highest BCUT2D eigenvalue weighted by Crippen LogP contribution is 2.31. The first kappa shape index (κ1) is 20.7. The van der Waals surface area contributed by atoms with Gasteiger partial charge in [0, 0.05) is 12.0 Å². The van der Waals surface area contributed by atoms with Gasteiger partial charge in [0.05, 0.1) is 26.8 Å². The summed E-state index contributed by atoms with van der Waals surface area (Å²) in [6, 6.07) is 10.9. The van der Waals surface area contributed by atoms with Gasteiger partial charge in [0.15, 0.2) is 18.0 Å². The van der Waals surface area contributed by atoms with E-state index in [0.717, 1.165) is 37.4 Å². The van der Waals surface area contributed by atoms with Gasteiger partial charge in [0.1, 0.15) is 6.54 Å². The van der Waals surface area contributed by atoms with Crippen molar-refractivity contribution in [1.29, 1.82) is 0 Å². The van der Waals surface area contributed by atoms with Gasteiger partial charge in [0.25, 0.3) is 5.91 Å². The summed E-state index contributed by atoms with van der Waals surface area (Å²) in [5, 5.41) is 3.21. The van der Waals surface area contributed by atoms with Crippen molar-refractivity contribution in [3.63, 3.8) is 0 Å². The number of methoxy groups -OCH3 is 2. The van der Waals surface area contributed by atoms with Crippen molar-refractivity contribution in [3.05, 3.63) is 58.1 Å². The lowest BCUT2D eigenvalue weighted by Crippen LogP contribution is -3.12. The van der Waals surface area contributed by atoms with Gasteiger partial charge < -0.3 is 19.7 Å². The van der Waals surface area contributed by atoms with Crippen LogP contribution in [0.25, 0.3) is 0 Å². The molecule has 5 heteroatoms. The normalized spacial score (nSPS) is 18.7. The maximum atomic E-state index is 12.7. The third-order valence-corrected chi connectivity index (χ3v) is 6.55. The monoisotopic (exact) mass is 409 g/mol. The van der Waals surface area contributed by atoms with Crippen molar-refractivity contribution in [2.45, 2.75) is 51.6 Å². The third-order valence-electron chi connectivity index (χ3n) is 6.55. The van der Waals surface area contributed by atoms with Crippen LogP contribution in [0, 0.1) is 0 Å². The number of hydrogen-bond acceptors (Lipinski definition) is 3. The van der Waals surface area contributed by atoms with Crippen LogP contribution in [-0.2, 0) is 30.6 Å². The average molecular weight is 410 g/mol. The van der Waals surface area contributed by atoms with E-state index < -0.39 is 0 Å². The molecule has 5 nitrogen and oxygen atoms in total. The Labute approximate surface area is 179 Å². The highest BCUT2D eigenvalue weighted by atomic mass is 16.5. The minimum absolute atomic E-state index is 0.0329. The fourth-order valence-electron chi connectivity index (χ4n) is 4.81. The van der Waals surface area contributed by atoms with Crippen LogP contribution in [-0.4, -0.2) is 33.2 Å². The zero-order valence-electron chi connectivity index (χ0n) is 18.3. The summed E-state index contributed by atoms with van der Waals surface area (Å²) in [7, 11) is 3.33. The number of hydrogen-bond donors (Lipinski definition) is 2. The number of quaternary nitrogens is 1. The summed E-state index contributed by atoms with van der Waals surface area (Å²) >= 11 is 0. The molecular formula is C25H33N2O3+. The molecule has 0 radical (unpaired) electrons. The minimum Gasteiger partial charge on any atom is -0.493 e. The molecule has 1 heterocycles. The van der Waals surface area contributed by atoms with E-state index in [1.807, 2.05) is 0 Å². The fourth-order valence-corrected chi connectivity index (χ4v) is 4.81. The fraction of sp³-hybridized carbons (Fsp3) is 0.480. The van der Waals surface area contributed by atoms with Crippen LogP contribution in [0.3, 0.4) is 0 Å². The van der Waals surface area contributed by atoms with E-state index in [0.29, 0.717) is 6.54 Å². The Kier molecular flexibility index (Phi) is 6.28. The Balaban J connectivity index is 1.36. The number of carbonyl (C=O) groups is 1. The maximum absolute atomic E-state index is 12.7. The van der Waals surface area contributed by atoms with E-state index in [-0.39, 0.29) is 11.9 Å². The van der Waals surface area contributed by atoms with Crippen LogP contribution in [0.5, 0.6) is 11.5 Å². The number of aryl methyl sites for hydroxylation is 2. The first-order valence-electron chi connectivity index (χ1n) is 11.1. The predicted molar refractivity (Wildman–Crippen MR) is 117 cm³/mol. The van der Waals surface area contributed by atoms with Crippen molar-refractivity contribution >= 4 is 5.91 Å². The van der Waals surface area contributed by atoms with Gasteiger partial charge in [-0.05, 0) is 67.0 Å². The molecule has 2 atom stereocenters. The topological polar surface area (TPSA) is 52.0 Å². The van der Waals surface area contributed by atoms with Gasteiger partial charge in [-0.25, -0.2) is 0 Å². The standard InChI is InChI=1S/C25H32N2O3/c1-17(19-9-8-18-6-4-5-7-20(18)12-19)26-25(28)16-27-11-10-21-13-23(29-2)24(30-3)14-22(21)15-27/h8-9,12-14,17H,4-7,10-11,15-16H2,1-3H3,(H,26,28)/p+1/t17-/m0/s1.